The van der Waals surface area contributed by atoms with E-state index in [0.29, 0.717) is 25.9 Å². The van der Waals surface area contributed by atoms with Gasteiger partial charge in [0.05, 0.1) is 25.0 Å². The monoisotopic (exact) mass is 370 g/mol. The SMILES string of the molecule is CCC[C@H](NC(C)=O)C(=O)N1CCc2nc(-c3cccc(OC)c3)[nH]c2C1. The Balaban J connectivity index is 1.77. The van der Waals surface area contributed by atoms with Gasteiger partial charge in [-0.05, 0) is 18.6 Å². The summed E-state index contributed by atoms with van der Waals surface area (Å²) < 4.78 is 5.28. The van der Waals surface area contributed by atoms with Crippen molar-refractivity contribution in [1.29, 1.82) is 0 Å². The molecule has 3 rings (SSSR count). The van der Waals surface area contributed by atoms with E-state index < -0.39 is 6.04 Å². The van der Waals surface area contributed by atoms with Crippen molar-refractivity contribution in [1.82, 2.24) is 20.2 Å². The number of methoxy groups -OCH3 is 1. The van der Waals surface area contributed by atoms with Crippen LogP contribution in [-0.2, 0) is 22.6 Å². The summed E-state index contributed by atoms with van der Waals surface area (Å²) in [5, 5.41) is 2.78. The second kappa shape index (κ2) is 8.24. The predicted molar refractivity (Wildman–Crippen MR) is 102 cm³/mol. The van der Waals surface area contributed by atoms with Gasteiger partial charge in [0.15, 0.2) is 0 Å². The van der Waals surface area contributed by atoms with Gasteiger partial charge in [-0.15, -0.1) is 0 Å². The molecular weight excluding hydrogens is 344 g/mol. The number of nitrogens with one attached hydrogen (secondary N) is 2. The quantitative estimate of drug-likeness (QED) is 0.817. The molecule has 2 N–H and O–H groups in total. The van der Waals surface area contributed by atoms with Crippen LogP contribution in [-0.4, -0.2) is 46.4 Å². The Labute approximate surface area is 159 Å². The maximum Gasteiger partial charge on any atom is 0.245 e. The molecule has 0 saturated heterocycles. The Hall–Kier alpha value is -2.83. The Bertz CT molecular complexity index is 830. The highest BCUT2D eigenvalue weighted by molar-refractivity contribution is 5.87. The van der Waals surface area contributed by atoms with Crippen LogP contribution in [0.2, 0.25) is 0 Å². The van der Waals surface area contributed by atoms with Crippen LogP contribution in [0.5, 0.6) is 5.75 Å². The molecule has 1 atom stereocenters. The lowest BCUT2D eigenvalue weighted by molar-refractivity contribution is -0.137. The molecule has 0 unspecified atom stereocenters. The minimum absolute atomic E-state index is 0.0322. The molecule has 1 aromatic heterocycles. The molecular formula is C20H26N4O3. The molecule has 2 aromatic rings. The zero-order valence-electron chi connectivity index (χ0n) is 16.0. The highest BCUT2D eigenvalue weighted by Crippen LogP contribution is 2.25. The van der Waals surface area contributed by atoms with Crippen LogP contribution in [0.1, 0.15) is 38.1 Å². The number of benzene rings is 1. The van der Waals surface area contributed by atoms with Gasteiger partial charge in [-0.2, -0.15) is 0 Å². The summed E-state index contributed by atoms with van der Waals surface area (Å²) in [6, 6.07) is 7.26. The molecule has 0 radical (unpaired) electrons. The van der Waals surface area contributed by atoms with Crippen LogP contribution < -0.4 is 10.1 Å². The van der Waals surface area contributed by atoms with Crippen molar-refractivity contribution in [2.45, 2.75) is 45.7 Å². The average molecular weight is 370 g/mol. The van der Waals surface area contributed by atoms with E-state index in [-0.39, 0.29) is 11.8 Å². The minimum Gasteiger partial charge on any atom is -0.497 e. The third-order valence-corrected chi connectivity index (χ3v) is 4.74. The largest absolute Gasteiger partial charge is 0.497 e. The number of H-pyrrole nitrogens is 1. The minimum atomic E-state index is -0.463. The molecule has 7 nitrogen and oxygen atoms in total. The molecule has 144 valence electrons. The van der Waals surface area contributed by atoms with Crippen LogP contribution in [0.4, 0.5) is 0 Å². The maximum absolute atomic E-state index is 12.9. The number of imidazole rings is 1. The van der Waals surface area contributed by atoms with Gasteiger partial charge in [-0.3, -0.25) is 9.59 Å². The standard InChI is InChI=1S/C20H26N4O3/c1-4-6-17(21-13(2)25)20(26)24-10-9-16-18(12-24)23-19(22-16)14-7-5-8-15(11-14)27-3/h5,7-8,11,17H,4,6,9-10,12H2,1-3H3,(H,21,25)(H,22,23)/t17-/m0/s1. The van der Waals surface area contributed by atoms with Crippen LogP contribution >= 0.6 is 0 Å². The zero-order chi connectivity index (χ0) is 19.4. The molecule has 0 saturated carbocycles. The molecule has 1 aliphatic rings. The molecule has 0 fully saturated rings. The fourth-order valence-corrected chi connectivity index (χ4v) is 3.40. The van der Waals surface area contributed by atoms with Gasteiger partial charge in [-0.25, -0.2) is 4.98 Å². The van der Waals surface area contributed by atoms with Crippen LogP contribution in [0.25, 0.3) is 11.4 Å². The first-order chi connectivity index (χ1) is 13.0. The van der Waals surface area contributed by atoms with E-state index in [9.17, 15) is 9.59 Å². The summed E-state index contributed by atoms with van der Waals surface area (Å²) in [5.74, 6) is 1.34. The summed E-state index contributed by atoms with van der Waals surface area (Å²) in [7, 11) is 1.64. The third kappa shape index (κ3) is 4.30. The Kier molecular flexibility index (Phi) is 5.78. The van der Waals surface area contributed by atoms with Gasteiger partial charge < -0.3 is 19.9 Å². The third-order valence-electron chi connectivity index (χ3n) is 4.74. The smallest absolute Gasteiger partial charge is 0.245 e. The average Bonchev–Trinajstić information content (AvgIpc) is 3.10. The van der Waals surface area contributed by atoms with Crippen LogP contribution in [0.3, 0.4) is 0 Å². The normalized spacial score (nSPS) is 14.4. The van der Waals surface area contributed by atoms with E-state index >= 15 is 0 Å². The summed E-state index contributed by atoms with van der Waals surface area (Å²) >= 11 is 0. The second-order valence-electron chi connectivity index (χ2n) is 6.79. The molecule has 1 aromatic carbocycles. The van der Waals surface area contributed by atoms with Crippen LogP contribution in [0.15, 0.2) is 24.3 Å². The first kappa shape index (κ1) is 18.9. The fourth-order valence-electron chi connectivity index (χ4n) is 3.40. The number of amides is 2. The molecule has 0 aliphatic carbocycles. The second-order valence-corrected chi connectivity index (χ2v) is 6.79. The summed E-state index contributed by atoms with van der Waals surface area (Å²) in [6.45, 7) is 4.53. The molecule has 27 heavy (non-hydrogen) atoms. The molecule has 1 aliphatic heterocycles. The van der Waals surface area contributed by atoms with Crippen molar-refractivity contribution in [2.24, 2.45) is 0 Å². The number of hydrogen-bond donors (Lipinski definition) is 2. The van der Waals surface area contributed by atoms with E-state index in [4.69, 9.17) is 9.72 Å². The molecule has 0 bridgehead atoms. The van der Waals surface area contributed by atoms with E-state index in [1.165, 1.54) is 6.92 Å². The van der Waals surface area contributed by atoms with Crippen molar-refractivity contribution >= 4 is 11.8 Å². The molecule has 7 heteroatoms. The number of nitrogens with zero attached hydrogens (tertiary/aromatic N) is 2. The van der Waals surface area contributed by atoms with Crippen LogP contribution in [0, 0.1) is 0 Å². The van der Waals surface area contributed by atoms with Gasteiger partial charge in [0.25, 0.3) is 0 Å². The van der Waals surface area contributed by atoms with Gasteiger partial charge in [0.1, 0.15) is 17.6 Å². The van der Waals surface area contributed by atoms with Gasteiger partial charge in [0.2, 0.25) is 11.8 Å². The van der Waals surface area contributed by atoms with Gasteiger partial charge in [-0.1, -0.05) is 25.5 Å². The number of aromatic nitrogens is 2. The molecule has 0 spiro atoms. The number of carbonyl (C=O) groups excluding carboxylic acids is 2. The van der Waals surface area contributed by atoms with Crippen molar-refractivity contribution in [3.63, 3.8) is 0 Å². The fraction of sp³-hybridized carbons (Fsp3) is 0.450. The zero-order valence-corrected chi connectivity index (χ0v) is 16.0. The Morgan fingerprint density at radius 3 is 2.93 bits per heavy atom. The van der Waals surface area contributed by atoms with E-state index in [0.717, 1.165) is 34.9 Å². The van der Waals surface area contributed by atoms with Gasteiger partial charge >= 0.3 is 0 Å². The lowest BCUT2D eigenvalue weighted by atomic mass is 10.1. The van der Waals surface area contributed by atoms with Crippen molar-refractivity contribution in [3.05, 3.63) is 35.7 Å². The first-order valence-electron chi connectivity index (χ1n) is 9.30. The summed E-state index contributed by atoms with van der Waals surface area (Å²) in [5.41, 5.74) is 2.89. The van der Waals surface area contributed by atoms with Crippen molar-refractivity contribution in [2.75, 3.05) is 13.7 Å². The van der Waals surface area contributed by atoms with E-state index in [1.54, 1.807) is 12.0 Å². The number of rotatable bonds is 6. The van der Waals surface area contributed by atoms with Crippen molar-refractivity contribution in [3.8, 4) is 17.1 Å². The number of fused-ring (bicyclic) bond motifs is 1. The number of carbonyl (C=O) groups is 2. The summed E-state index contributed by atoms with van der Waals surface area (Å²) in [4.78, 5) is 34.1. The predicted octanol–water partition coefficient (Wildman–Crippen LogP) is 2.27. The highest BCUT2D eigenvalue weighted by atomic mass is 16.5. The molecule has 2 amide bonds. The first-order valence-corrected chi connectivity index (χ1v) is 9.30. The number of ether oxygens (including phenoxy) is 1. The van der Waals surface area contributed by atoms with E-state index in [2.05, 4.69) is 10.3 Å². The van der Waals surface area contributed by atoms with Gasteiger partial charge in [0, 0.05) is 25.5 Å². The Morgan fingerprint density at radius 2 is 2.22 bits per heavy atom. The lowest BCUT2D eigenvalue weighted by Gasteiger charge is -2.30. The Morgan fingerprint density at radius 1 is 1.41 bits per heavy atom. The topological polar surface area (TPSA) is 87.3 Å². The summed E-state index contributed by atoms with van der Waals surface area (Å²) in [6.07, 6.45) is 2.17. The highest BCUT2D eigenvalue weighted by Gasteiger charge is 2.29. The molecule has 2 heterocycles. The maximum atomic E-state index is 12.9. The number of aromatic amines is 1. The van der Waals surface area contributed by atoms with Crippen molar-refractivity contribution < 1.29 is 14.3 Å². The number of hydrogen-bond acceptors (Lipinski definition) is 4. The lowest BCUT2D eigenvalue weighted by Crippen LogP contribution is -2.49. The van der Waals surface area contributed by atoms with E-state index in [1.807, 2.05) is 31.2 Å².